The highest BCUT2D eigenvalue weighted by atomic mass is 35.5. The van der Waals surface area contributed by atoms with E-state index in [1.807, 2.05) is 61.7 Å². The maximum absolute atomic E-state index is 13.0. The fourth-order valence-electron chi connectivity index (χ4n) is 3.25. The van der Waals surface area contributed by atoms with Crippen LogP contribution in [0.4, 0.5) is 5.82 Å². The lowest BCUT2D eigenvalue weighted by Crippen LogP contribution is -2.35. The highest BCUT2D eigenvalue weighted by molar-refractivity contribution is 6.30. The number of pyridine rings is 1. The Morgan fingerprint density at radius 2 is 1.79 bits per heavy atom. The van der Waals surface area contributed by atoms with Crippen molar-refractivity contribution in [3.63, 3.8) is 0 Å². The molecule has 2 aromatic heterocycles. The summed E-state index contributed by atoms with van der Waals surface area (Å²) in [5, 5.41) is 3.37. The Balaban J connectivity index is 1.75. The number of aryl methyl sites for hydroxylation is 2. The van der Waals surface area contributed by atoms with Gasteiger partial charge in [0.25, 0.3) is 5.91 Å². The quantitative estimate of drug-likeness (QED) is 0.686. The van der Waals surface area contributed by atoms with Gasteiger partial charge in [0.05, 0.1) is 12.1 Å². The molecule has 2 amide bonds. The maximum Gasteiger partial charge on any atom is 0.255 e. The molecule has 0 atom stereocenters. The molecule has 7 heteroatoms. The molecule has 0 bridgehead atoms. The minimum absolute atomic E-state index is 0.0704. The van der Waals surface area contributed by atoms with Crippen molar-refractivity contribution in [1.82, 2.24) is 14.5 Å². The van der Waals surface area contributed by atoms with Crippen LogP contribution in [-0.4, -0.2) is 39.9 Å². The van der Waals surface area contributed by atoms with Crippen molar-refractivity contribution in [2.75, 3.05) is 18.9 Å². The number of carbonyl (C=O) groups is 2. The van der Waals surface area contributed by atoms with Crippen LogP contribution in [-0.2, 0) is 4.79 Å². The first-order valence-electron chi connectivity index (χ1n) is 9.19. The smallest absolute Gasteiger partial charge is 0.255 e. The molecule has 29 heavy (non-hydrogen) atoms. The van der Waals surface area contributed by atoms with Crippen molar-refractivity contribution in [3.8, 4) is 5.69 Å². The van der Waals surface area contributed by atoms with Gasteiger partial charge in [-0.15, -0.1) is 0 Å². The van der Waals surface area contributed by atoms with Crippen LogP contribution < -0.4 is 5.32 Å². The van der Waals surface area contributed by atoms with Crippen LogP contribution in [0.3, 0.4) is 0 Å². The number of benzene rings is 1. The second-order valence-electron chi connectivity index (χ2n) is 7.02. The zero-order valence-electron chi connectivity index (χ0n) is 16.9. The van der Waals surface area contributed by atoms with Crippen LogP contribution >= 0.6 is 11.6 Å². The molecular formula is C22H23ClN4O2. The van der Waals surface area contributed by atoms with Gasteiger partial charge in [-0.05, 0) is 68.8 Å². The van der Waals surface area contributed by atoms with E-state index in [4.69, 9.17) is 11.6 Å². The highest BCUT2D eigenvalue weighted by Crippen LogP contribution is 2.23. The summed E-state index contributed by atoms with van der Waals surface area (Å²) >= 11 is 5.98. The number of likely N-dealkylation sites (N-methyl/N-ethyl adjacent to an activating group) is 1. The Hall–Kier alpha value is -3.12. The third-order valence-electron chi connectivity index (χ3n) is 4.66. The van der Waals surface area contributed by atoms with Crippen LogP contribution in [0.1, 0.15) is 27.3 Å². The van der Waals surface area contributed by atoms with Crippen molar-refractivity contribution in [2.24, 2.45) is 0 Å². The zero-order valence-corrected chi connectivity index (χ0v) is 17.6. The topological polar surface area (TPSA) is 67.2 Å². The molecule has 0 aliphatic rings. The Morgan fingerprint density at radius 1 is 1.10 bits per heavy atom. The highest BCUT2D eigenvalue weighted by Gasteiger charge is 2.21. The Morgan fingerprint density at radius 3 is 2.45 bits per heavy atom. The number of carbonyl (C=O) groups excluding carboxylic acids is 2. The predicted molar refractivity (Wildman–Crippen MR) is 115 cm³/mol. The van der Waals surface area contributed by atoms with Gasteiger partial charge in [-0.2, -0.15) is 0 Å². The third-order valence-corrected chi connectivity index (χ3v) is 4.91. The monoisotopic (exact) mass is 410 g/mol. The average molecular weight is 411 g/mol. The fraction of sp³-hybridized carbons (Fsp3) is 0.227. The van der Waals surface area contributed by atoms with Crippen molar-refractivity contribution in [2.45, 2.75) is 20.8 Å². The van der Waals surface area contributed by atoms with E-state index >= 15 is 0 Å². The Labute approximate surface area is 175 Å². The minimum atomic E-state index is -0.301. The lowest BCUT2D eigenvalue weighted by molar-refractivity contribution is -0.116. The van der Waals surface area contributed by atoms with E-state index < -0.39 is 0 Å². The summed E-state index contributed by atoms with van der Waals surface area (Å²) in [4.78, 5) is 30.8. The van der Waals surface area contributed by atoms with Crippen LogP contribution in [0.2, 0.25) is 5.02 Å². The van der Waals surface area contributed by atoms with Crippen molar-refractivity contribution in [1.29, 1.82) is 0 Å². The number of hydrogen-bond donors (Lipinski definition) is 1. The molecule has 0 unspecified atom stereocenters. The first kappa shape index (κ1) is 20.6. The standard InChI is InChI=1S/C22H23ClN4O2/c1-14-9-10-24-20(11-14)25-21(28)13-26(4)22(29)19-12-15(2)27(16(19)3)18-7-5-17(23)6-8-18/h5-12H,13H2,1-4H3,(H,24,25,28). The summed E-state index contributed by atoms with van der Waals surface area (Å²) in [7, 11) is 1.61. The van der Waals surface area contributed by atoms with Gasteiger partial charge in [0.2, 0.25) is 5.91 Å². The molecule has 0 saturated heterocycles. The van der Waals surface area contributed by atoms with Gasteiger partial charge in [-0.25, -0.2) is 4.98 Å². The number of hydrogen-bond acceptors (Lipinski definition) is 3. The average Bonchev–Trinajstić information content (AvgIpc) is 2.96. The number of rotatable bonds is 5. The number of amides is 2. The largest absolute Gasteiger partial charge is 0.332 e. The van der Waals surface area contributed by atoms with E-state index in [9.17, 15) is 9.59 Å². The van der Waals surface area contributed by atoms with E-state index in [-0.39, 0.29) is 18.4 Å². The molecule has 3 rings (SSSR count). The van der Waals surface area contributed by atoms with Gasteiger partial charge < -0.3 is 14.8 Å². The summed E-state index contributed by atoms with van der Waals surface area (Å²) in [5.41, 5.74) is 4.21. The second-order valence-corrected chi connectivity index (χ2v) is 7.46. The molecule has 150 valence electrons. The summed E-state index contributed by atoms with van der Waals surface area (Å²) < 4.78 is 1.99. The first-order chi connectivity index (χ1) is 13.8. The van der Waals surface area contributed by atoms with Crippen molar-refractivity contribution in [3.05, 3.63) is 76.2 Å². The van der Waals surface area contributed by atoms with Crippen molar-refractivity contribution < 1.29 is 9.59 Å². The van der Waals surface area contributed by atoms with E-state index in [1.165, 1.54) is 4.90 Å². The molecule has 0 saturated carbocycles. The molecule has 0 aliphatic heterocycles. The number of nitrogens with zero attached hydrogens (tertiary/aromatic N) is 3. The number of nitrogens with one attached hydrogen (secondary N) is 1. The number of aromatic nitrogens is 2. The van der Waals surface area contributed by atoms with E-state index in [2.05, 4.69) is 10.3 Å². The van der Waals surface area contributed by atoms with E-state index in [1.54, 1.807) is 19.3 Å². The van der Waals surface area contributed by atoms with E-state index in [0.29, 0.717) is 16.4 Å². The van der Waals surface area contributed by atoms with Crippen LogP contribution in [0.25, 0.3) is 5.69 Å². The normalized spacial score (nSPS) is 10.7. The molecule has 0 fully saturated rings. The predicted octanol–water partition coefficient (Wildman–Crippen LogP) is 4.16. The minimum Gasteiger partial charge on any atom is -0.332 e. The lowest BCUT2D eigenvalue weighted by atomic mass is 10.2. The van der Waals surface area contributed by atoms with Crippen LogP contribution in [0, 0.1) is 20.8 Å². The van der Waals surface area contributed by atoms with Gasteiger partial charge in [0.1, 0.15) is 5.82 Å². The van der Waals surface area contributed by atoms with Crippen LogP contribution in [0.15, 0.2) is 48.7 Å². The molecule has 2 heterocycles. The maximum atomic E-state index is 13.0. The lowest BCUT2D eigenvalue weighted by Gasteiger charge is -2.17. The number of anilines is 1. The van der Waals surface area contributed by atoms with Gasteiger partial charge in [0.15, 0.2) is 0 Å². The molecule has 6 nitrogen and oxygen atoms in total. The zero-order chi connectivity index (χ0) is 21.1. The van der Waals surface area contributed by atoms with Gasteiger partial charge >= 0.3 is 0 Å². The molecule has 0 spiro atoms. The molecule has 0 aliphatic carbocycles. The Bertz CT molecular complexity index is 1060. The fourth-order valence-corrected chi connectivity index (χ4v) is 3.37. The summed E-state index contributed by atoms with van der Waals surface area (Å²) in [6.45, 7) is 5.68. The summed E-state index contributed by atoms with van der Waals surface area (Å²) in [6.07, 6.45) is 1.63. The molecule has 1 N–H and O–H groups in total. The number of halogens is 1. The first-order valence-corrected chi connectivity index (χ1v) is 9.57. The SMILES string of the molecule is Cc1ccnc(NC(=O)CN(C)C(=O)c2cc(C)n(-c3ccc(Cl)cc3)c2C)c1. The van der Waals surface area contributed by atoms with Gasteiger partial charge in [-0.3, -0.25) is 9.59 Å². The van der Waals surface area contributed by atoms with Crippen molar-refractivity contribution >= 4 is 29.2 Å². The van der Waals surface area contributed by atoms with E-state index in [0.717, 1.165) is 22.6 Å². The van der Waals surface area contributed by atoms with Crippen LogP contribution in [0.5, 0.6) is 0 Å². The van der Waals surface area contributed by atoms with Gasteiger partial charge in [0, 0.05) is 35.3 Å². The van der Waals surface area contributed by atoms with Gasteiger partial charge in [-0.1, -0.05) is 11.6 Å². The second kappa shape index (κ2) is 8.49. The summed E-state index contributed by atoms with van der Waals surface area (Å²) in [5.74, 6) is -0.0483. The molecule has 0 radical (unpaired) electrons. The molecule has 1 aromatic carbocycles. The molecule has 3 aromatic rings. The Kier molecular flexibility index (Phi) is 6.03. The third kappa shape index (κ3) is 4.66. The summed E-state index contributed by atoms with van der Waals surface area (Å²) in [6, 6.07) is 12.9. The molecular weight excluding hydrogens is 388 g/mol.